The molecule has 1 unspecified atom stereocenters. The van der Waals surface area contributed by atoms with Crippen LogP contribution in [0.15, 0.2) is 48.5 Å². The molecule has 0 aliphatic heterocycles. The predicted molar refractivity (Wildman–Crippen MR) is 83.4 cm³/mol. The molecule has 1 saturated carbocycles. The quantitative estimate of drug-likeness (QED) is 0.889. The second kappa shape index (κ2) is 5.88. The van der Waals surface area contributed by atoms with Crippen molar-refractivity contribution in [1.29, 1.82) is 5.26 Å². The molecule has 0 heterocycles. The van der Waals surface area contributed by atoms with Crippen LogP contribution in [0.3, 0.4) is 0 Å². The Bertz CT molecular complexity index is 654. The fraction of sp³-hybridized carbons (Fsp3) is 0.278. The van der Waals surface area contributed by atoms with Gasteiger partial charge in [-0.15, -0.1) is 0 Å². The lowest BCUT2D eigenvalue weighted by molar-refractivity contribution is 0.415. The molecule has 106 valence electrons. The first-order valence-electron chi connectivity index (χ1n) is 7.21. The Balaban J connectivity index is 1.83. The molecule has 0 saturated heterocycles. The van der Waals surface area contributed by atoms with E-state index < -0.39 is 0 Å². The van der Waals surface area contributed by atoms with Crippen LogP contribution in [-0.4, -0.2) is 7.11 Å². The van der Waals surface area contributed by atoms with Crippen molar-refractivity contribution in [3.8, 4) is 11.8 Å². The van der Waals surface area contributed by atoms with Gasteiger partial charge in [0.1, 0.15) is 11.8 Å². The molecule has 2 aromatic rings. The monoisotopic (exact) mass is 278 g/mol. The first kappa shape index (κ1) is 13.5. The number of nitrogens with one attached hydrogen (secondary N) is 1. The minimum atomic E-state index is -0.324. The summed E-state index contributed by atoms with van der Waals surface area (Å²) in [4.78, 5) is 0. The number of rotatable bonds is 5. The zero-order valence-electron chi connectivity index (χ0n) is 12.0. The number of methoxy groups -OCH3 is 1. The maximum absolute atomic E-state index is 9.53. The van der Waals surface area contributed by atoms with Crippen LogP contribution >= 0.6 is 0 Å². The van der Waals surface area contributed by atoms with E-state index in [9.17, 15) is 5.26 Å². The molecule has 0 aromatic heterocycles. The van der Waals surface area contributed by atoms with Crippen LogP contribution in [-0.2, 0) is 0 Å². The van der Waals surface area contributed by atoms with Crippen LogP contribution in [0.1, 0.15) is 35.9 Å². The predicted octanol–water partition coefficient (Wildman–Crippen LogP) is 4.25. The number of nitriles is 1. The summed E-state index contributed by atoms with van der Waals surface area (Å²) in [6.45, 7) is 0. The van der Waals surface area contributed by atoms with E-state index in [1.165, 1.54) is 18.4 Å². The first-order valence-corrected chi connectivity index (χ1v) is 7.21. The van der Waals surface area contributed by atoms with E-state index in [1.807, 2.05) is 30.3 Å². The lowest BCUT2D eigenvalue weighted by Gasteiger charge is -2.17. The van der Waals surface area contributed by atoms with Crippen molar-refractivity contribution in [1.82, 2.24) is 0 Å². The molecular formula is C18H18N2O. The summed E-state index contributed by atoms with van der Waals surface area (Å²) in [5, 5.41) is 12.8. The third-order valence-corrected chi connectivity index (χ3v) is 3.85. The third-order valence-electron chi connectivity index (χ3n) is 3.85. The average molecular weight is 278 g/mol. The van der Waals surface area contributed by atoms with Gasteiger partial charge in [-0.3, -0.25) is 0 Å². The van der Waals surface area contributed by atoms with Crippen LogP contribution in [0.2, 0.25) is 0 Å². The maximum atomic E-state index is 9.53. The molecular weight excluding hydrogens is 260 g/mol. The summed E-state index contributed by atoms with van der Waals surface area (Å²) in [5.41, 5.74) is 3.33. The second-order valence-electron chi connectivity index (χ2n) is 5.34. The number of hydrogen-bond donors (Lipinski definition) is 1. The highest BCUT2D eigenvalue weighted by Crippen LogP contribution is 2.43. The van der Waals surface area contributed by atoms with Crippen molar-refractivity contribution < 1.29 is 4.74 Å². The molecule has 3 nitrogen and oxygen atoms in total. The number of hydrogen-bond acceptors (Lipinski definition) is 3. The van der Waals surface area contributed by atoms with Crippen molar-refractivity contribution in [3.63, 3.8) is 0 Å². The summed E-state index contributed by atoms with van der Waals surface area (Å²) in [6, 6.07) is 18.0. The molecule has 21 heavy (non-hydrogen) atoms. The fourth-order valence-electron chi connectivity index (χ4n) is 2.57. The lowest BCUT2D eigenvalue weighted by Crippen LogP contribution is -2.10. The van der Waals surface area contributed by atoms with E-state index in [1.54, 1.807) is 7.11 Å². The first-order chi connectivity index (χ1) is 10.3. The molecule has 2 aromatic carbocycles. The molecule has 3 rings (SSSR count). The minimum absolute atomic E-state index is 0.324. The highest BCUT2D eigenvalue weighted by Gasteiger charge is 2.28. The van der Waals surface area contributed by atoms with Gasteiger partial charge in [0.15, 0.2) is 0 Å². The summed E-state index contributed by atoms with van der Waals surface area (Å²) < 4.78 is 5.15. The summed E-state index contributed by atoms with van der Waals surface area (Å²) >= 11 is 0. The Hall–Kier alpha value is -2.47. The molecule has 3 heteroatoms. The van der Waals surface area contributed by atoms with Gasteiger partial charge in [-0.05, 0) is 54.2 Å². The van der Waals surface area contributed by atoms with E-state index in [4.69, 9.17) is 4.74 Å². The van der Waals surface area contributed by atoms with Crippen molar-refractivity contribution in [3.05, 3.63) is 59.7 Å². The third kappa shape index (κ3) is 3.00. The summed E-state index contributed by atoms with van der Waals surface area (Å²) in [6.07, 6.45) is 2.47. The van der Waals surface area contributed by atoms with Crippen LogP contribution in [0, 0.1) is 11.3 Å². The van der Waals surface area contributed by atoms with Crippen LogP contribution in [0.25, 0.3) is 0 Å². The largest absolute Gasteiger partial charge is 0.497 e. The second-order valence-corrected chi connectivity index (χ2v) is 5.34. The summed E-state index contributed by atoms with van der Waals surface area (Å²) in [5.74, 6) is 1.45. The van der Waals surface area contributed by atoms with E-state index in [0.717, 1.165) is 17.0 Å². The van der Waals surface area contributed by atoms with Crippen LogP contribution in [0.5, 0.6) is 5.75 Å². The highest BCUT2D eigenvalue weighted by molar-refractivity contribution is 5.51. The number of ether oxygens (including phenoxy) is 1. The van der Waals surface area contributed by atoms with E-state index in [0.29, 0.717) is 5.92 Å². The number of anilines is 1. The Morgan fingerprint density at radius 1 is 1.14 bits per heavy atom. The van der Waals surface area contributed by atoms with Gasteiger partial charge >= 0.3 is 0 Å². The Kier molecular flexibility index (Phi) is 3.79. The molecule has 1 N–H and O–H groups in total. The maximum Gasteiger partial charge on any atom is 0.140 e. The summed E-state index contributed by atoms with van der Waals surface area (Å²) in [7, 11) is 1.65. The van der Waals surface area contributed by atoms with Gasteiger partial charge in [0.2, 0.25) is 0 Å². The van der Waals surface area contributed by atoms with Crippen molar-refractivity contribution in [2.45, 2.75) is 24.8 Å². The van der Waals surface area contributed by atoms with Crippen LogP contribution in [0.4, 0.5) is 5.69 Å². The smallest absolute Gasteiger partial charge is 0.140 e. The minimum Gasteiger partial charge on any atom is -0.497 e. The Morgan fingerprint density at radius 3 is 2.48 bits per heavy atom. The lowest BCUT2D eigenvalue weighted by atomic mass is 9.97. The molecule has 1 aliphatic rings. The Morgan fingerprint density at radius 2 is 1.86 bits per heavy atom. The zero-order valence-corrected chi connectivity index (χ0v) is 12.0. The fourth-order valence-corrected chi connectivity index (χ4v) is 2.57. The molecule has 1 fully saturated rings. The molecule has 1 atom stereocenters. The highest BCUT2D eigenvalue weighted by atomic mass is 16.5. The Labute approximate surface area is 125 Å². The average Bonchev–Trinajstić information content (AvgIpc) is 3.38. The van der Waals surface area contributed by atoms with Crippen molar-refractivity contribution in [2.24, 2.45) is 0 Å². The molecule has 0 radical (unpaired) electrons. The molecule has 1 aliphatic carbocycles. The molecule has 0 amide bonds. The van der Waals surface area contributed by atoms with Crippen molar-refractivity contribution >= 4 is 5.69 Å². The topological polar surface area (TPSA) is 45.0 Å². The SMILES string of the molecule is COc1ccc(NC(C#N)c2ccccc2C2CC2)cc1. The zero-order chi connectivity index (χ0) is 14.7. The van der Waals surface area contributed by atoms with Gasteiger partial charge in [0.05, 0.1) is 13.2 Å². The van der Waals surface area contributed by atoms with Gasteiger partial charge < -0.3 is 10.1 Å². The van der Waals surface area contributed by atoms with Gasteiger partial charge in [-0.1, -0.05) is 24.3 Å². The molecule has 0 spiro atoms. The van der Waals surface area contributed by atoms with E-state index >= 15 is 0 Å². The number of benzene rings is 2. The van der Waals surface area contributed by atoms with Crippen LogP contribution < -0.4 is 10.1 Å². The van der Waals surface area contributed by atoms with E-state index in [-0.39, 0.29) is 6.04 Å². The number of nitrogens with zero attached hydrogens (tertiary/aromatic N) is 1. The normalized spacial score (nSPS) is 15.0. The molecule has 0 bridgehead atoms. The standard InChI is InChI=1S/C18H18N2O/c1-21-15-10-8-14(9-11-15)20-18(12-19)17-5-3-2-4-16(17)13-6-7-13/h2-5,8-11,13,18,20H,6-7H2,1H3. The van der Waals surface area contributed by atoms with Crippen molar-refractivity contribution in [2.75, 3.05) is 12.4 Å². The van der Waals surface area contributed by atoms with E-state index in [2.05, 4.69) is 29.6 Å². The van der Waals surface area contributed by atoms with Gasteiger partial charge in [0, 0.05) is 5.69 Å². The van der Waals surface area contributed by atoms with Gasteiger partial charge in [-0.25, -0.2) is 0 Å². The van der Waals surface area contributed by atoms with Gasteiger partial charge in [0.25, 0.3) is 0 Å². The van der Waals surface area contributed by atoms with Gasteiger partial charge in [-0.2, -0.15) is 5.26 Å².